The molecule has 1 fully saturated rings. The fourth-order valence-electron chi connectivity index (χ4n) is 2.25. The molecule has 0 saturated carbocycles. The first-order valence-corrected chi connectivity index (χ1v) is 8.08. The van der Waals surface area contributed by atoms with Crippen molar-refractivity contribution in [2.75, 3.05) is 11.6 Å². The first-order chi connectivity index (χ1) is 10.0. The number of carbonyl (C=O) groups is 2. The molecule has 5 nitrogen and oxygen atoms in total. The zero-order valence-electron chi connectivity index (χ0n) is 12.2. The van der Waals surface area contributed by atoms with E-state index >= 15 is 0 Å². The molecule has 1 N–H and O–H groups in total. The summed E-state index contributed by atoms with van der Waals surface area (Å²) in [6, 6.07) is 8.83. The van der Waals surface area contributed by atoms with Crippen molar-refractivity contribution in [1.82, 2.24) is 9.80 Å². The zero-order chi connectivity index (χ0) is 15.4. The minimum atomic E-state index is -0.934. The number of carbonyl (C=O) groups excluding carboxylic acids is 1. The molecular formula is C15H20N2O3S. The maximum Gasteiger partial charge on any atom is 0.327 e. The second-order valence-electron chi connectivity index (χ2n) is 5.31. The molecule has 1 aliphatic heterocycles. The van der Waals surface area contributed by atoms with Gasteiger partial charge in [-0.1, -0.05) is 30.3 Å². The predicted molar refractivity (Wildman–Crippen MR) is 83.1 cm³/mol. The van der Waals surface area contributed by atoms with Gasteiger partial charge in [0.05, 0.1) is 5.88 Å². The number of aliphatic carboxylic acids is 1. The van der Waals surface area contributed by atoms with Gasteiger partial charge in [0, 0.05) is 18.3 Å². The van der Waals surface area contributed by atoms with E-state index in [1.807, 2.05) is 44.2 Å². The molecule has 1 aromatic rings. The van der Waals surface area contributed by atoms with E-state index in [2.05, 4.69) is 0 Å². The summed E-state index contributed by atoms with van der Waals surface area (Å²) in [7, 11) is 0. The summed E-state index contributed by atoms with van der Waals surface area (Å²) in [6.45, 7) is 4.38. The van der Waals surface area contributed by atoms with Crippen LogP contribution in [0.1, 0.15) is 19.4 Å². The molecule has 21 heavy (non-hydrogen) atoms. The van der Waals surface area contributed by atoms with Crippen LogP contribution in [-0.4, -0.2) is 50.6 Å². The third-order valence-corrected chi connectivity index (χ3v) is 4.49. The fourth-order valence-corrected chi connectivity index (χ4v) is 3.39. The van der Waals surface area contributed by atoms with Gasteiger partial charge in [-0.3, -0.25) is 0 Å². The van der Waals surface area contributed by atoms with E-state index in [0.29, 0.717) is 18.2 Å². The average Bonchev–Trinajstić information content (AvgIpc) is 2.94. The maximum atomic E-state index is 12.7. The van der Waals surface area contributed by atoms with Crippen molar-refractivity contribution in [3.8, 4) is 0 Å². The lowest BCUT2D eigenvalue weighted by Gasteiger charge is -2.32. The molecule has 1 atom stereocenters. The highest BCUT2D eigenvalue weighted by molar-refractivity contribution is 7.99. The SMILES string of the molecule is CC(C)N(Cc1ccccc1)C(=O)N1CSC[C@H]1C(=O)O. The van der Waals surface area contributed by atoms with Crippen LogP contribution in [-0.2, 0) is 11.3 Å². The fraction of sp³-hybridized carbons (Fsp3) is 0.467. The molecule has 0 aliphatic carbocycles. The normalized spacial score (nSPS) is 18.0. The van der Waals surface area contributed by atoms with E-state index in [-0.39, 0.29) is 12.1 Å². The minimum Gasteiger partial charge on any atom is -0.480 e. The Hall–Kier alpha value is -1.69. The van der Waals surface area contributed by atoms with Crippen molar-refractivity contribution in [3.63, 3.8) is 0 Å². The van der Waals surface area contributed by atoms with Gasteiger partial charge in [-0.2, -0.15) is 0 Å². The van der Waals surface area contributed by atoms with Crippen LogP contribution in [0.15, 0.2) is 30.3 Å². The Morgan fingerprint density at radius 3 is 2.62 bits per heavy atom. The van der Waals surface area contributed by atoms with Crippen LogP contribution >= 0.6 is 11.8 Å². The zero-order valence-corrected chi connectivity index (χ0v) is 13.0. The lowest BCUT2D eigenvalue weighted by atomic mass is 10.2. The topological polar surface area (TPSA) is 60.9 Å². The molecule has 2 rings (SSSR count). The maximum absolute atomic E-state index is 12.7. The third kappa shape index (κ3) is 3.69. The molecule has 114 valence electrons. The van der Waals surface area contributed by atoms with Crippen LogP contribution in [0.2, 0.25) is 0 Å². The number of amides is 2. The van der Waals surface area contributed by atoms with Crippen molar-refractivity contribution in [2.24, 2.45) is 0 Å². The largest absolute Gasteiger partial charge is 0.480 e. The molecule has 2 amide bonds. The highest BCUT2D eigenvalue weighted by Gasteiger charge is 2.37. The lowest BCUT2D eigenvalue weighted by molar-refractivity contribution is -0.141. The number of rotatable bonds is 4. The Labute approximate surface area is 128 Å². The van der Waals surface area contributed by atoms with Gasteiger partial charge in [-0.05, 0) is 19.4 Å². The highest BCUT2D eigenvalue weighted by atomic mass is 32.2. The summed E-state index contributed by atoms with van der Waals surface area (Å²) < 4.78 is 0. The third-order valence-electron chi connectivity index (χ3n) is 3.48. The van der Waals surface area contributed by atoms with Gasteiger partial charge in [0.15, 0.2) is 0 Å². The number of urea groups is 1. The number of thioether (sulfide) groups is 1. The van der Waals surface area contributed by atoms with Gasteiger partial charge in [-0.25, -0.2) is 9.59 Å². The minimum absolute atomic E-state index is 0.0118. The first kappa shape index (κ1) is 15.7. The summed E-state index contributed by atoms with van der Waals surface area (Å²) in [5.74, 6) is -0.0386. The molecule has 1 heterocycles. The Kier molecular flexibility index (Phi) is 5.12. The Morgan fingerprint density at radius 1 is 1.38 bits per heavy atom. The predicted octanol–water partition coefficient (Wildman–Crippen LogP) is 2.48. The second-order valence-corrected chi connectivity index (χ2v) is 6.31. The van der Waals surface area contributed by atoms with Gasteiger partial charge in [-0.15, -0.1) is 11.8 Å². The van der Waals surface area contributed by atoms with Gasteiger partial charge >= 0.3 is 12.0 Å². The van der Waals surface area contributed by atoms with Crippen LogP contribution in [0, 0.1) is 0 Å². The van der Waals surface area contributed by atoms with Crippen LogP contribution < -0.4 is 0 Å². The summed E-state index contributed by atoms with van der Waals surface area (Å²) in [6.07, 6.45) is 0. The monoisotopic (exact) mass is 308 g/mol. The van der Waals surface area contributed by atoms with Gasteiger partial charge in [0.1, 0.15) is 6.04 Å². The summed E-state index contributed by atoms with van der Waals surface area (Å²) in [5, 5.41) is 9.22. The van der Waals surface area contributed by atoms with Crippen LogP contribution in [0.3, 0.4) is 0 Å². The Bertz CT molecular complexity index is 507. The quantitative estimate of drug-likeness (QED) is 0.928. The molecule has 0 spiro atoms. The van der Waals surface area contributed by atoms with E-state index in [9.17, 15) is 14.7 Å². The molecule has 0 unspecified atom stereocenters. The number of benzene rings is 1. The smallest absolute Gasteiger partial charge is 0.327 e. The number of hydrogen-bond acceptors (Lipinski definition) is 3. The van der Waals surface area contributed by atoms with Gasteiger partial charge < -0.3 is 14.9 Å². The van der Waals surface area contributed by atoms with Crippen molar-refractivity contribution < 1.29 is 14.7 Å². The molecular weight excluding hydrogens is 288 g/mol. The van der Waals surface area contributed by atoms with Crippen LogP contribution in [0.25, 0.3) is 0 Å². The summed E-state index contributed by atoms with van der Waals surface area (Å²) >= 11 is 1.48. The van der Waals surface area contributed by atoms with Gasteiger partial charge in [0.2, 0.25) is 0 Å². The van der Waals surface area contributed by atoms with E-state index in [4.69, 9.17) is 0 Å². The molecule has 0 aromatic heterocycles. The number of carboxylic acid groups (broad SMARTS) is 1. The lowest BCUT2D eigenvalue weighted by Crippen LogP contribution is -2.50. The van der Waals surface area contributed by atoms with Crippen LogP contribution in [0.5, 0.6) is 0 Å². The van der Waals surface area contributed by atoms with Crippen molar-refractivity contribution >= 4 is 23.8 Å². The van der Waals surface area contributed by atoms with Crippen molar-refractivity contribution in [1.29, 1.82) is 0 Å². The first-order valence-electron chi connectivity index (χ1n) is 6.92. The summed E-state index contributed by atoms with van der Waals surface area (Å²) in [4.78, 5) is 27.1. The van der Waals surface area contributed by atoms with Gasteiger partial charge in [0.25, 0.3) is 0 Å². The number of hydrogen-bond donors (Lipinski definition) is 1. The number of nitrogens with zero attached hydrogens (tertiary/aromatic N) is 2. The molecule has 6 heteroatoms. The molecule has 0 radical (unpaired) electrons. The van der Waals surface area contributed by atoms with E-state index in [0.717, 1.165) is 5.56 Å². The molecule has 0 bridgehead atoms. The highest BCUT2D eigenvalue weighted by Crippen LogP contribution is 2.24. The Balaban J connectivity index is 2.14. The van der Waals surface area contributed by atoms with Crippen molar-refractivity contribution in [2.45, 2.75) is 32.5 Å². The van der Waals surface area contributed by atoms with E-state index < -0.39 is 12.0 Å². The van der Waals surface area contributed by atoms with Crippen LogP contribution in [0.4, 0.5) is 4.79 Å². The van der Waals surface area contributed by atoms with Crippen molar-refractivity contribution in [3.05, 3.63) is 35.9 Å². The molecule has 1 aromatic carbocycles. The summed E-state index contributed by atoms with van der Waals surface area (Å²) in [5.41, 5.74) is 1.04. The standard InChI is InChI=1S/C15H20N2O3S/c1-11(2)16(8-12-6-4-3-5-7-12)15(20)17-10-21-9-13(17)14(18)19/h3-7,11,13H,8-10H2,1-2H3,(H,18,19)/t13-/m0/s1. The second kappa shape index (κ2) is 6.85. The molecule has 1 aliphatic rings. The van der Waals surface area contributed by atoms with E-state index in [1.165, 1.54) is 16.7 Å². The molecule has 1 saturated heterocycles. The Morgan fingerprint density at radius 2 is 2.05 bits per heavy atom. The number of carboxylic acids is 1. The average molecular weight is 308 g/mol. The van der Waals surface area contributed by atoms with E-state index in [1.54, 1.807) is 4.90 Å².